The van der Waals surface area contributed by atoms with E-state index in [1.54, 1.807) is 7.11 Å². The third-order valence-electron chi connectivity index (χ3n) is 8.65. The average Bonchev–Trinajstić information content (AvgIpc) is 2.97. The first-order valence-electron chi connectivity index (χ1n) is 11.1. The van der Waals surface area contributed by atoms with Crippen LogP contribution in [0.4, 0.5) is 0 Å². The van der Waals surface area contributed by atoms with Crippen LogP contribution in [-0.2, 0) is 9.53 Å². The van der Waals surface area contributed by atoms with Gasteiger partial charge < -0.3 is 9.84 Å². The zero-order valence-corrected chi connectivity index (χ0v) is 17.2. The van der Waals surface area contributed by atoms with Gasteiger partial charge in [0.25, 0.3) is 0 Å². The van der Waals surface area contributed by atoms with Crippen molar-refractivity contribution in [3.05, 3.63) is 0 Å². The van der Waals surface area contributed by atoms with E-state index in [4.69, 9.17) is 4.74 Å². The first-order valence-corrected chi connectivity index (χ1v) is 11.1. The minimum atomic E-state index is 0.261. The van der Waals surface area contributed by atoms with Crippen molar-refractivity contribution in [3.63, 3.8) is 0 Å². The van der Waals surface area contributed by atoms with Gasteiger partial charge in [-0.2, -0.15) is 0 Å². The quantitative estimate of drug-likeness (QED) is 0.626. The van der Waals surface area contributed by atoms with Crippen LogP contribution in [-0.4, -0.2) is 31.2 Å². The van der Waals surface area contributed by atoms with Gasteiger partial charge in [0.15, 0.2) is 0 Å². The van der Waals surface area contributed by atoms with Crippen LogP contribution in [0.3, 0.4) is 0 Å². The first-order chi connectivity index (χ1) is 12.5. The van der Waals surface area contributed by atoms with Crippen molar-refractivity contribution < 1.29 is 14.6 Å². The molecule has 0 heterocycles. The molecule has 0 bridgehead atoms. The minimum Gasteiger partial charge on any atom is -0.396 e. The van der Waals surface area contributed by atoms with E-state index in [0.717, 1.165) is 49.5 Å². The Labute approximate surface area is 160 Å². The van der Waals surface area contributed by atoms with E-state index in [-0.39, 0.29) is 5.41 Å². The van der Waals surface area contributed by atoms with Gasteiger partial charge in [0.05, 0.1) is 0 Å². The molecule has 3 aliphatic carbocycles. The standard InChI is InChI=1S/C23H40O3/c1-16(25)21-9-10-22-20-8-7-17(12-14-24)18(6-4-5-15-26-3)19(20)11-13-23(21,22)2/h17-22,24H,4-15H2,1-3H3/t17-,18-,19+,20+,21+,22-,23?/m0/s1. The summed E-state index contributed by atoms with van der Waals surface area (Å²) in [6.07, 6.45) is 12.2. The summed E-state index contributed by atoms with van der Waals surface area (Å²) in [5.74, 6) is 4.62. The lowest BCUT2D eigenvalue weighted by molar-refractivity contribution is -0.127. The lowest BCUT2D eigenvalue weighted by atomic mass is 9.50. The van der Waals surface area contributed by atoms with E-state index in [2.05, 4.69) is 6.92 Å². The number of carbonyl (C=O) groups excluding carboxylic acids is 1. The summed E-state index contributed by atoms with van der Waals surface area (Å²) in [4.78, 5) is 12.2. The lowest BCUT2D eigenvalue weighted by Crippen LogP contribution is -2.48. The molecule has 150 valence electrons. The molecule has 0 aromatic rings. The lowest BCUT2D eigenvalue weighted by Gasteiger charge is -2.54. The van der Waals surface area contributed by atoms with Crippen molar-refractivity contribution in [1.29, 1.82) is 0 Å². The van der Waals surface area contributed by atoms with Gasteiger partial charge in [0.2, 0.25) is 0 Å². The Hall–Kier alpha value is -0.410. The second kappa shape index (κ2) is 8.73. The molecule has 0 aromatic carbocycles. The van der Waals surface area contributed by atoms with Gasteiger partial charge in [0, 0.05) is 26.2 Å². The first kappa shape index (κ1) is 20.3. The number of carbonyl (C=O) groups is 1. The van der Waals surface area contributed by atoms with E-state index >= 15 is 0 Å². The summed E-state index contributed by atoms with van der Waals surface area (Å²) in [5, 5.41) is 9.57. The predicted molar refractivity (Wildman–Crippen MR) is 105 cm³/mol. The molecular formula is C23H40O3. The molecule has 3 fully saturated rings. The Morgan fingerprint density at radius 3 is 2.58 bits per heavy atom. The third-order valence-corrected chi connectivity index (χ3v) is 8.65. The fourth-order valence-corrected chi connectivity index (χ4v) is 7.50. The number of aliphatic hydroxyl groups is 1. The van der Waals surface area contributed by atoms with Crippen LogP contribution in [0.1, 0.15) is 78.1 Å². The SMILES string of the molecule is COCCCC[C@H]1[C@H](CCO)CC[C@@H]2[C@@H]1CCC1(C)[C@@H](C(C)=O)CC[C@@H]21. The second-order valence-corrected chi connectivity index (χ2v) is 9.72. The number of ether oxygens (including phenoxy) is 1. The van der Waals surface area contributed by atoms with Crippen LogP contribution in [0.5, 0.6) is 0 Å². The number of methoxy groups -OCH3 is 1. The number of aliphatic hydroxyl groups excluding tert-OH is 1. The Bertz CT molecular complexity index is 476. The molecule has 3 rings (SSSR count). The van der Waals surface area contributed by atoms with Gasteiger partial charge in [-0.3, -0.25) is 4.79 Å². The smallest absolute Gasteiger partial charge is 0.133 e. The molecule has 1 unspecified atom stereocenters. The van der Waals surface area contributed by atoms with E-state index in [1.807, 2.05) is 6.92 Å². The monoisotopic (exact) mass is 364 g/mol. The van der Waals surface area contributed by atoms with Crippen molar-refractivity contribution in [3.8, 4) is 0 Å². The van der Waals surface area contributed by atoms with Crippen LogP contribution >= 0.6 is 0 Å². The Balaban J connectivity index is 1.73. The van der Waals surface area contributed by atoms with Crippen LogP contribution < -0.4 is 0 Å². The molecule has 0 aromatic heterocycles. The van der Waals surface area contributed by atoms with Crippen LogP contribution in [0.25, 0.3) is 0 Å². The van der Waals surface area contributed by atoms with Gasteiger partial charge in [-0.1, -0.05) is 13.3 Å². The van der Waals surface area contributed by atoms with Crippen LogP contribution in [0.2, 0.25) is 0 Å². The third kappa shape index (κ3) is 3.76. The molecule has 1 N–H and O–H groups in total. The summed E-state index contributed by atoms with van der Waals surface area (Å²) < 4.78 is 5.24. The molecule has 0 aliphatic heterocycles. The fourth-order valence-electron chi connectivity index (χ4n) is 7.50. The molecule has 0 amide bonds. The molecular weight excluding hydrogens is 324 g/mol. The molecule has 7 atom stereocenters. The maximum absolute atomic E-state index is 12.2. The van der Waals surface area contributed by atoms with E-state index in [0.29, 0.717) is 24.2 Å². The van der Waals surface area contributed by atoms with Gasteiger partial charge in [0.1, 0.15) is 5.78 Å². The maximum atomic E-state index is 12.2. The van der Waals surface area contributed by atoms with Crippen molar-refractivity contribution in [2.75, 3.05) is 20.3 Å². The van der Waals surface area contributed by atoms with E-state index < -0.39 is 0 Å². The van der Waals surface area contributed by atoms with Crippen molar-refractivity contribution in [2.24, 2.45) is 40.9 Å². The summed E-state index contributed by atoms with van der Waals surface area (Å²) in [5.41, 5.74) is 0.261. The number of unbranched alkanes of at least 4 members (excludes halogenated alkanes) is 1. The molecule has 3 saturated carbocycles. The van der Waals surface area contributed by atoms with E-state index in [9.17, 15) is 9.90 Å². The highest BCUT2D eigenvalue weighted by molar-refractivity contribution is 5.79. The summed E-state index contributed by atoms with van der Waals surface area (Å²) in [6.45, 7) is 5.46. The molecule has 3 heteroatoms. The van der Waals surface area contributed by atoms with Gasteiger partial charge in [-0.05, 0) is 99.7 Å². The highest BCUT2D eigenvalue weighted by atomic mass is 16.5. The highest BCUT2D eigenvalue weighted by Crippen LogP contribution is 2.63. The van der Waals surface area contributed by atoms with Crippen LogP contribution in [0.15, 0.2) is 0 Å². The van der Waals surface area contributed by atoms with Gasteiger partial charge >= 0.3 is 0 Å². The zero-order valence-electron chi connectivity index (χ0n) is 17.2. The summed E-state index contributed by atoms with van der Waals surface area (Å²) in [6, 6.07) is 0. The number of rotatable bonds is 8. The second-order valence-electron chi connectivity index (χ2n) is 9.72. The Morgan fingerprint density at radius 1 is 1.08 bits per heavy atom. The van der Waals surface area contributed by atoms with E-state index in [1.165, 1.54) is 44.9 Å². The summed E-state index contributed by atoms with van der Waals surface area (Å²) in [7, 11) is 1.79. The summed E-state index contributed by atoms with van der Waals surface area (Å²) >= 11 is 0. The topological polar surface area (TPSA) is 46.5 Å². The molecule has 3 nitrogen and oxygen atoms in total. The van der Waals surface area contributed by atoms with Crippen LogP contribution in [0, 0.1) is 40.9 Å². The fraction of sp³-hybridized carbons (Fsp3) is 0.957. The molecule has 26 heavy (non-hydrogen) atoms. The van der Waals surface area contributed by atoms with Gasteiger partial charge in [-0.25, -0.2) is 0 Å². The molecule has 0 radical (unpaired) electrons. The number of hydrogen-bond acceptors (Lipinski definition) is 3. The normalized spacial score (nSPS) is 42.3. The molecule has 0 saturated heterocycles. The number of ketones is 1. The maximum Gasteiger partial charge on any atom is 0.133 e. The Kier molecular flexibility index (Phi) is 6.83. The van der Waals surface area contributed by atoms with Crippen molar-refractivity contribution >= 4 is 5.78 Å². The number of fused-ring (bicyclic) bond motifs is 3. The Morgan fingerprint density at radius 2 is 1.88 bits per heavy atom. The molecule has 0 spiro atoms. The largest absolute Gasteiger partial charge is 0.396 e. The predicted octanol–water partition coefficient (Wildman–Crippen LogP) is 4.86. The average molecular weight is 365 g/mol. The molecule has 3 aliphatic rings. The van der Waals surface area contributed by atoms with Gasteiger partial charge in [-0.15, -0.1) is 0 Å². The minimum absolute atomic E-state index is 0.261. The van der Waals surface area contributed by atoms with Crippen molar-refractivity contribution in [2.45, 2.75) is 78.1 Å². The number of hydrogen-bond donors (Lipinski definition) is 1. The zero-order chi connectivity index (χ0) is 18.7. The number of Topliss-reactive ketones (excluding diaryl/α,β-unsaturated/α-hetero) is 1. The van der Waals surface area contributed by atoms with Crippen molar-refractivity contribution in [1.82, 2.24) is 0 Å². The highest BCUT2D eigenvalue weighted by Gasteiger charge is 2.57.